The minimum Gasteiger partial charge on any atom is -0.469 e. The van der Waals surface area contributed by atoms with Crippen LogP contribution in [0, 0.1) is 11.8 Å². The largest absolute Gasteiger partial charge is 0.469 e. The van der Waals surface area contributed by atoms with Gasteiger partial charge in [-0.25, -0.2) is 8.42 Å². The van der Waals surface area contributed by atoms with E-state index in [4.69, 9.17) is 4.42 Å². The lowest BCUT2D eigenvalue weighted by Crippen LogP contribution is -2.39. The number of carbonyl (C=O) groups is 1. The molecule has 27 heavy (non-hydrogen) atoms. The summed E-state index contributed by atoms with van der Waals surface area (Å²) < 4.78 is 32.5. The van der Waals surface area contributed by atoms with Gasteiger partial charge in [-0.15, -0.1) is 0 Å². The Bertz CT molecular complexity index is 906. The Morgan fingerprint density at radius 3 is 2.67 bits per heavy atom. The van der Waals surface area contributed by atoms with E-state index in [1.54, 1.807) is 34.8 Å². The Balaban J connectivity index is 1.40. The Kier molecular flexibility index (Phi) is 4.82. The number of hydrogen-bond acceptors (Lipinski definition) is 4. The molecule has 0 bridgehead atoms. The van der Waals surface area contributed by atoms with Gasteiger partial charge in [0.1, 0.15) is 5.76 Å². The average molecular weight is 388 g/mol. The number of benzene rings is 1. The van der Waals surface area contributed by atoms with E-state index < -0.39 is 10.0 Å². The van der Waals surface area contributed by atoms with E-state index in [1.807, 2.05) is 12.1 Å². The van der Waals surface area contributed by atoms with Crippen LogP contribution in [0.4, 0.5) is 5.69 Å². The first kappa shape index (κ1) is 18.3. The van der Waals surface area contributed by atoms with E-state index in [0.29, 0.717) is 24.7 Å². The Morgan fingerprint density at radius 1 is 1.22 bits per heavy atom. The van der Waals surface area contributed by atoms with E-state index in [0.717, 1.165) is 25.0 Å². The molecule has 1 N–H and O–H groups in total. The fourth-order valence-electron chi connectivity index (χ4n) is 3.76. The number of nitrogens with zero attached hydrogens (tertiary/aromatic N) is 1. The van der Waals surface area contributed by atoms with Crippen molar-refractivity contribution >= 4 is 21.6 Å². The molecule has 2 fully saturated rings. The normalized spacial score (nSPS) is 25.9. The number of sulfonamides is 1. The summed E-state index contributed by atoms with van der Waals surface area (Å²) in [6, 6.07) is 10.2. The maximum absolute atomic E-state index is 12.8. The number of amides is 1. The topological polar surface area (TPSA) is 79.6 Å². The first-order valence-electron chi connectivity index (χ1n) is 9.39. The van der Waals surface area contributed by atoms with Crippen molar-refractivity contribution in [3.8, 4) is 0 Å². The monoisotopic (exact) mass is 388 g/mol. The van der Waals surface area contributed by atoms with Crippen molar-refractivity contribution in [1.82, 2.24) is 4.31 Å². The second kappa shape index (κ2) is 7.13. The highest BCUT2D eigenvalue weighted by atomic mass is 32.2. The molecule has 0 radical (unpaired) electrons. The summed E-state index contributed by atoms with van der Waals surface area (Å²) in [5.74, 6) is 1.21. The highest BCUT2D eigenvalue weighted by Gasteiger charge is 2.45. The summed E-state index contributed by atoms with van der Waals surface area (Å²) in [6.07, 6.45) is 4.35. The molecule has 1 saturated carbocycles. The summed E-state index contributed by atoms with van der Waals surface area (Å²) in [4.78, 5) is 12.6. The first-order chi connectivity index (χ1) is 12.9. The average Bonchev–Trinajstić information content (AvgIpc) is 3.28. The second-order valence-electron chi connectivity index (χ2n) is 7.59. The van der Waals surface area contributed by atoms with E-state index in [9.17, 15) is 13.2 Å². The van der Waals surface area contributed by atoms with Crippen molar-refractivity contribution in [2.75, 3.05) is 18.4 Å². The molecule has 0 spiro atoms. The maximum Gasteiger partial charge on any atom is 0.243 e. The predicted molar refractivity (Wildman–Crippen MR) is 102 cm³/mol. The molecule has 1 aromatic heterocycles. The van der Waals surface area contributed by atoms with Crippen molar-refractivity contribution in [3.63, 3.8) is 0 Å². The smallest absolute Gasteiger partial charge is 0.243 e. The first-order valence-corrected chi connectivity index (χ1v) is 10.8. The lowest BCUT2D eigenvalue weighted by molar-refractivity contribution is -0.117. The molecule has 1 saturated heterocycles. The van der Waals surface area contributed by atoms with Crippen LogP contribution in [0.25, 0.3) is 0 Å². The van der Waals surface area contributed by atoms with Gasteiger partial charge in [0, 0.05) is 30.6 Å². The molecule has 6 nitrogen and oxygen atoms in total. The lowest BCUT2D eigenvalue weighted by atomic mass is 10.0. The Morgan fingerprint density at radius 2 is 2.00 bits per heavy atom. The van der Waals surface area contributed by atoms with Gasteiger partial charge in [0.15, 0.2) is 0 Å². The van der Waals surface area contributed by atoms with Crippen LogP contribution in [0.15, 0.2) is 52.0 Å². The quantitative estimate of drug-likeness (QED) is 0.851. The van der Waals surface area contributed by atoms with Crippen molar-refractivity contribution < 1.29 is 17.6 Å². The molecule has 2 aliphatic rings. The van der Waals surface area contributed by atoms with Crippen LogP contribution in [0.2, 0.25) is 0 Å². The minimum absolute atomic E-state index is 0.0585. The summed E-state index contributed by atoms with van der Waals surface area (Å²) in [5.41, 5.74) is 0.607. The summed E-state index contributed by atoms with van der Waals surface area (Å²) in [6.45, 7) is 3.21. The van der Waals surface area contributed by atoms with Crippen LogP contribution >= 0.6 is 0 Å². The van der Waals surface area contributed by atoms with E-state index >= 15 is 0 Å². The second-order valence-corrected chi connectivity index (χ2v) is 9.53. The van der Waals surface area contributed by atoms with Gasteiger partial charge >= 0.3 is 0 Å². The number of rotatable bonds is 5. The summed E-state index contributed by atoms with van der Waals surface area (Å²) >= 11 is 0. The van der Waals surface area contributed by atoms with Crippen LogP contribution in [-0.4, -0.2) is 31.7 Å². The van der Waals surface area contributed by atoms with Crippen LogP contribution in [0.1, 0.15) is 37.9 Å². The maximum atomic E-state index is 12.8. The number of piperidine rings is 1. The van der Waals surface area contributed by atoms with Crippen molar-refractivity contribution in [2.24, 2.45) is 11.8 Å². The zero-order chi connectivity index (χ0) is 19.0. The molecule has 2 aromatic rings. The zero-order valence-corrected chi connectivity index (χ0v) is 16.1. The molecule has 4 rings (SSSR count). The molecular weight excluding hydrogens is 364 g/mol. The predicted octanol–water partition coefficient (Wildman–Crippen LogP) is 3.44. The zero-order valence-electron chi connectivity index (χ0n) is 15.3. The van der Waals surface area contributed by atoms with Crippen LogP contribution in [0.3, 0.4) is 0 Å². The fourth-order valence-corrected chi connectivity index (χ4v) is 5.36. The van der Waals surface area contributed by atoms with Gasteiger partial charge in [-0.2, -0.15) is 4.31 Å². The van der Waals surface area contributed by atoms with Gasteiger partial charge in [-0.3, -0.25) is 4.79 Å². The molecule has 1 aliphatic heterocycles. The molecule has 1 aromatic carbocycles. The fraction of sp³-hybridized carbons (Fsp3) is 0.450. The molecule has 144 valence electrons. The lowest BCUT2D eigenvalue weighted by Gasteiger charge is -2.30. The number of hydrogen-bond donors (Lipinski definition) is 1. The highest BCUT2D eigenvalue weighted by molar-refractivity contribution is 7.89. The highest BCUT2D eigenvalue weighted by Crippen LogP contribution is 2.48. The number of furan rings is 1. The molecule has 1 aliphatic carbocycles. The van der Waals surface area contributed by atoms with E-state index in [-0.39, 0.29) is 22.6 Å². The number of anilines is 1. The van der Waals surface area contributed by atoms with Crippen LogP contribution < -0.4 is 5.32 Å². The molecule has 7 heteroatoms. The molecule has 3 atom stereocenters. The molecule has 1 amide bonds. The molecular formula is C20H24N2O4S. The Labute approximate surface area is 159 Å². The van der Waals surface area contributed by atoms with Crippen LogP contribution in [0.5, 0.6) is 0 Å². The van der Waals surface area contributed by atoms with Crippen molar-refractivity contribution in [2.45, 2.75) is 37.0 Å². The third-order valence-electron chi connectivity index (χ3n) is 5.42. The van der Waals surface area contributed by atoms with Crippen LogP contribution in [-0.2, 0) is 14.8 Å². The van der Waals surface area contributed by atoms with Gasteiger partial charge in [-0.05, 0) is 61.6 Å². The van der Waals surface area contributed by atoms with Crippen molar-refractivity contribution in [1.29, 1.82) is 0 Å². The summed E-state index contributed by atoms with van der Waals surface area (Å²) in [5, 5.41) is 2.87. The third-order valence-corrected chi connectivity index (χ3v) is 7.29. The number of carbonyl (C=O) groups excluding carboxylic acids is 1. The summed E-state index contributed by atoms with van der Waals surface area (Å²) in [7, 11) is -3.47. The van der Waals surface area contributed by atoms with Crippen molar-refractivity contribution in [3.05, 3.63) is 48.4 Å². The number of nitrogens with one attached hydrogen (secondary N) is 1. The van der Waals surface area contributed by atoms with E-state index in [1.165, 1.54) is 0 Å². The van der Waals surface area contributed by atoms with Gasteiger partial charge in [0.05, 0.1) is 11.2 Å². The van der Waals surface area contributed by atoms with Gasteiger partial charge in [0.25, 0.3) is 0 Å². The standard InChI is InChI=1S/C20H24N2O4S/c1-14-4-2-10-22(13-14)27(24,25)16-8-6-15(7-9-16)21-20(23)18-12-17(18)19-5-3-11-26-19/h3,5-9,11,14,17-18H,2,4,10,12-13H2,1H3,(H,21,23). The molecule has 3 unspecified atom stereocenters. The van der Waals surface area contributed by atoms with Gasteiger partial charge in [-0.1, -0.05) is 6.92 Å². The van der Waals surface area contributed by atoms with Gasteiger partial charge < -0.3 is 9.73 Å². The third kappa shape index (κ3) is 3.80. The Hall–Kier alpha value is -2.12. The SMILES string of the molecule is CC1CCCN(S(=O)(=O)c2ccc(NC(=O)C3CC3c3ccco3)cc2)C1. The minimum atomic E-state index is -3.47. The van der Waals surface area contributed by atoms with E-state index in [2.05, 4.69) is 12.2 Å². The van der Waals surface area contributed by atoms with Gasteiger partial charge in [0.2, 0.25) is 15.9 Å². The molecule has 2 heterocycles.